The van der Waals surface area contributed by atoms with Crippen LogP contribution >= 0.6 is 0 Å². The van der Waals surface area contributed by atoms with E-state index in [4.69, 9.17) is 5.11 Å². The second-order valence-corrected chi connectivity index (χ2v) is 5.25. The van der Waals surface area contributed by atoms with Crippen LogP contribution in [0.4, 0.5) is 5.82 Å². The molecule has 1 aromatic rings. The van der Waals surface area contributed by atoms with Crippen LogP contribution in [0.1, 0.15) is 55.8 Å². The molecule has 5 nitrogen and oxygen atoms in total. The maximum atomic E-state index is 11.1. The van der Waals surface area contributed by atoms with Crippen LogP contribution in [-0.4, -0.2) is 27.3 Å². The molecule has 0 spiro atoms. The molecule has 104 valence electrons. The van der Waals surface area contributed by atoms with Gasteiger partial charge in [-0.2, -0.15) is 5.10 Å². The number of aromatic nitrogens is 2. The lowest BCUT2D eigenvalue weighted by Gasteiger charge is -2.29. The van der Waals surface area contributed by atoms with Crippen molar-refractivity contribution in [2.45, 2.75) is 51.5 Å². The summed E-state index contributed by atoms with van der Waals surface area (Å²) < 4.78 is 0. The molecule has 0 atom stereocenters. The van der Waals surface area contributed by atoms with E-state index in [9.17, 15) is 4.79 Å². The van der Waals surface area contributed by atoms with E-state index in [-0.39, 0.29) is 5.56 Å². The molecule has 19 heavy (non-hydrogen) atoms. The van der Waals surface area contributed by atoms with Crippen molar-refractivity contribution in [3.8, 4) is 0 Å². The third-order valence-electron chi connectivity index (χ3n) is 3.84. The Morgan fingerprint density at radius 3 is 2.79 bits per heavy atom. The van der Waals surface area contributed by atoms with Crippen LogP contribution in [0.3, 0.4) is 0 Å². The Morgan fingerprint density at radius 1 is 1.42 bits per heavy atom. The minimum Gasteiger partial charge on any atom is -0.478 e. The summed E-state index contributed by atoms with van der Waals surface area (Å²) in [5, 5.41) is 20.0. The van der Waals surface area contributed by atoms with E-state index >= 15 is 0 Å². The van der Waals surface area contributed by atoms with E-state index in [0.29, 0.717) is 11.9 Å². The molecular weight excluding hydrogens is 242 g/mol. The van der Waals surface area contributed by atoms with E-state index in [1.54, 1.807) is 0 Å². The monoisotopic (exact) mass is 263 g/mol. The summed E-state index contributed by atoms with van der Waals surface area (Å²) in [6, 6.07) is 1.81. The highest BCUT2D eigenvalue weighted by Gasteiger charge is 2.22. The van der Waals surface area contributed by atoms with Crippen molar-refractivity contribution in [3.63, 3.8) is 0 Å². The van der Waals surface area contributed by atoms with Crippen molar-refractivity contribution in [1.29, 1.82) is 0 Å². The molecule has 0 aromatic carbocycles. The van der Waals surface area contributed by atoms with Gasteiger partial charge in [0.25, 0.3) is 0 Å². The molecule has 0 unspecified atom stereocenters. The smallest absolute Gasteiger partial charge is 0.339 e. The maximum Gasteiger partial charge on any atom is 0.339 e. The molecule has 1 fully saturated rings. The van der Waals surface area contributed by atoms with Crippen LogP contribution < -0.4 is 5.32 Å². The molecule has 0 aliphatic heterocycles. The third-order valence-corrected chi connectivity index (χ3v) is 3.84. The number of carboxylic acid groups (broad SMARTS) is 1. The van der Waals surface area contributed by atoms with Gasteiger partial charge in [-0.1, -0.05) is 19.8 Å². The van der Waals surface area contributed by atoms with Gasteiger partial charge >= 0.3 is 5.97 Å². The van der Waals surface area contributed by atoms with Crippen molar-refractivity contribution >= 4 is 11.8 Å². The predicted molar refractivity (Wildman–Crippen MR) is 73.3 cm³/mol. The number of nitrogens with zero attached hydrogens (tertiary/aromatic N) is 2. The summed E-state index contributed by atoms with van der Waals surface area (Å²) in [6.07, 6.45) is 8.56. The summed E-state index contributed by atoms with van der Waals surface area (Å²) >= 11 is 0. The summed E-state index contributed by atoms with van der Waals surface area (Å²) in [4.78, 5) is 11.1. The molecule has 1 heterocycles. The highest BCUT2D eigenvalue weighted by Crippen LogP contribution is 2.29. The average Bonchev–Trinajstić information content (AvgIpc) is 2.42. The second-order valence-electron chi connectivity index (χ2n) is 5.25. The van der Waals surface area contributed by atoms with Gasteiger partial charge in [0, 0.05) is 6.04 Å². The Bertz CT molecular complexity index is 428. The number of nitrogens with one attached hydrogen (secondary N) is 1. The first-order valence-electron chi connectivity index (χ1n) is 7.02. The molecule has 0 radical (unpaired) electrons. The molecule has 5 heteroatoms. The molecule has 1 aromatic heterocycles. The largest absolute Gasteiger partial charge is 0.478 e. The SMILES string of the molecule is CCCC1CCC(Nc2nnccc2C(=O)O)CC1. The third kappa shape index (κ3) is 3.66. The molecule has 0 bridgehead atoms. The molecule has 0 amide bonds. The fraction of sp³-hybridized carbons (Fsp3) is 0.643. The number of aromatic carboxylic acids is 1. The molecule has 2 N–H and O–H groups in total. The van der Waals surface area contributed by atoms with Gasteiger partial charge in [-0.05, 0) is 37.7 Å². The van der Waals surface area contributed by atoms with Gasteiger partial charge in [-0.3, -0.25) is 0 Å². The topological polar surface area (TPSA) is 75.1 Å². The van der Waals surface area contributed by atoms with Crippen molar-refractivity contribution in [1.82, 2.24) is 10.2 Å². The van der Waals surface area contributed by atoms with E-state index in [1.807, 2.05) is 0 Å². The number of hydrogen-bond acceptors (Lipinski definition) is 4. The standard InChI is InChI=1S/C14H21N3O2/c1-2-3-10-4-6-11(7-5-10)16-13-12(14(18)19)8-9-15-17-13/h8-11H,2-7H2,1H3,(H,16,17)(H,18,19). The van der Waals surface area contributed by atoms with Crippen molar-refractivity contribution in [2.24, 2.45) is 5.92 Å². The van der Waals surface area contributed by atoms with Gasteiger partial charge in [-0.25, -0.2) is 4.79 Å². The van der Waals surface area contributed by atoms with Gasteiger partial charge in [0.15, 0.2) is 5.82 Å². The summed E-state index contributed by atoms with van der Waals surface area (Å²) in [6.45, 7) is 2.23. The first kappa shape index (κ1) is 13.8. The van der Waals surface area contributed by atoms with Crippen LogP contribution in [0.25, 0.3) is 0 Å². The van der Waals surface area contributed by atoms with Gasteiger partial charge in [0.05, 0.1) is 6.20 Å². The summed E-state index contributed by atoms with van der Waals surface area (Å²) in [5.74, 6) is 0.273. The van der Waals surface area contributed by atoms with Crippen LogP contribution in [0.5, 0.6) is 0 Å². The van der Waals surface area contributed by atoms with Crippen LogP contribution in [0.15, 0.2) is 12.3 Å². The molecular formula is C14H21N3O2. The van der Waals surface area contributed by atoms with Gasteiger partial charge in [-0.15, -0.1) is 5.10 Å². The zero-order valence-electron chi connectivity index (χ0n) is 11.3. The number of anilines is 1. The molecule has 1 aliphatic rings. The Kier molecular flexibility index (Phi) is 4.71. The Morgan fingerprint density at radius 2 is 2.16 bits per heavy atom. The fourth-order valence-electron chi connectivity index (χ4n) is 2.81. The molecule has 2 rings (SSSR count). The van der Waals surface area contributed by atoms with E-state index < -0.39 is 5.97 Å². The molecule has 1 aliphatic carbocycles. The number of carbonyl (C=O) groups is 1. The van der Waals surface area contributed by atoms with Gasteiger partial charge < -0.3 is 10.4 Å². The minimum atomic E-state index is -0.961. The van der Waals surface area contributed by atoms with Crippen LogP contribution in [0, 0.1) is 5.92 Å². The Balaban J connectivity index is 1.94. The van der Waals surface area contributed by atoms with Gasteiger partial charge in [0.1, 0.15) is 5.56 Å². The van der Waals surface area contributed by atoms with E-state index in [2.05, 4.69) is 22.4 Å². The van der Waals surface area contributed by atoms with E-state index in [1.165, 1.54) is 37.9 Å². The lowest BCUT2D eigenvalue weighted by molar-refractivity contribution is 0.0697. The van der Waals surface area contributed by atoms with Gasteiger partial charge in [0.2, 0.25) is 0 Å². The fourth-order valence-corrected chi connectivity index (χ4v) is 2.81. The zero-order valence-corrected chi connectivity index (χ0v) is 11.3. The van der Waals surface area contributed by atoms with Crippen LogP contribution in [0.2, 0.25) is 0 Å². The average molecular weight is 263 g/mol. The highest BCUT2D eigenvalue weighted by molar-refractivity contribution is 5.92. The van der Waals surface area contributed by atoms with Crippen molar-refractivity contribution in [2.75, 3.05) is 5.32 Å². The first-order valence-corrected chi connectivity index (χ1v) is 7.02. The van der Waals surface area contributed by atoms with Crippen molar-refractivity contribution in [3.05, 3.63) is 17.8 Å². The number of rotatable bonds is 5. The summed E-state index contributed by atoms with van der Waals surface area (Å²) in [7, 11) is 0. The number of carboxylic acids is 1. The molecule has 1 saturated carbocycles. The maximum absolute atomic E-state index is 11.1. The minimum absolute atomic E-state index is 0.200. The lowest BCUT2D eigenvalue weighted by atomic mass is 9.83. The second kappa shape index (κ2) is 6.50. The number of hydrogen-bond donors (Lipinski definition) is 2. The quantitative estimate of drug-likeness (QED) is 0.854. The lowest BCUT2D eigenvalue weighted by Crippen LogP contribution is -2.27. The predicted octanol–water partition coefficient (Wildman–Crippen LogP) is 2.95. The van der Waals surface area contributed by atoms with E-state index in [0.717, 1.165) is 18.8 Å². The zero-order chi connectivity index (χ0) is 13.7. The molecule has 0 saturated heterocycles. The normalized spacial score (nSPS) is 23.0. The Hall–Kier alpha value is -1.65. The van der Waals surface area contributed by atoms with Crippen LogP contribution in [-0.2, 0) is 0 Å². The Labute approximate surface area is 113 Å². The summed E-state index contributed by atoms with van der Waals surface area (Å²) in [5.41, 5.74) is 0.200. The highest BCUT2D eigenvalue weighted by atomic mass is 16.4. The van der Waals surface area contributed by atoms with Crippen molar-refractivity contribution < 1.29 is 9.90 Å². The first-order chi connectivity index (χ1) is 9.20.